The van der Waals surface area contributed by atoms with Crippen molar-refractivity contribution in [3.8, 4) is 0 Å². The van der Waals surface area contributed by atoms with Gasteiger partial charge in [-0.15, -0.1) is 0 Å². The lowest BCUT2D eigenvalue weighted by atomic mass is 9.52. The number of fused-ring (bicyclic) bond motifs is 3. The van der Waals surface area contributed by atoms with Crippen LogP contribution in [0.3, 0.4) is 0 Å². The van der Waals surface area contributed by atoms with Gasteiger partial charge in [-0.25, -0.2) is 0 Å². The summed E-state index contributed by atoms with van der Waals surface area (Å²) >= 11 is 0. The molecule has 5 rings (SSSR count). The van der Waals surface area contributed by atoms with Gasteiger partial charge in [-0.2, -0.15) is 0 Å². The van der Waals surface area contributed by atoms with Crippen LogP contribution in [0.2, 0.25) is 0 Å². The minimum absolute atomic E-state index is 0.0438. The van der Waals surface area contributed by atoms with E-state index in [4.69, 9.17) is 4.74 Å². The van der Waals surface area contributed by atoms with Crippen LogP contribution >= 0.6 is 0 Å². The molecule has 1 saturated carbocycles. The van der Waals surface area contributed by atoms with Crippen LogP contribution in [0.5, 0.6) is 0 Å². The molecule has 0 aromatic rings. The van der Waals surface area contributed by atoms with Crippen LogP contribution in [0.1, 0.15) is 72.1 Å². The predicted octanol–water partition coefficient (Wildman–Crippen LogP) is 5.20. The molecule has 0 amide bonds. The molecular weight excluding hydrogens is 388 g/mol. The van der Waals surface area contributed by atoms with Crippen LogP contribution < -0.4 is 0 Å². The van der Waals surface area contributed by atoms with Crippen LogP contribution in [0.25, 0.3) is 0 Å². The van der Waals surface area contributed by atoms with Gasteiger partial charge >= 0.3 is 5.97 Å². The van der Waals surface area contributed by atoms with Gasteiger partial charge in [-0.3, -0.25) is 14.4 Å². The monoisotopic (exact) mass is 420 g/mol. The molecule has 5 aliphatic rings. The number of carbonyl (C=O) groups excluding carboxylic acids is 3. The van der Waals surface area contributed by atoms with Crippen LogP contribution in [0.4, 0.5) is 0 Å². The Morgan fingerprint density at radius 1 is 1.19 bits per heavy atom. The predicted molar refractivity (Wildman–Crippen MR) is 118 cm³/mol. The fourth-order valence-electron chi connectivity index (χ4n) is 7.03. The molecular formula is C27H32O4. The maximum atomic E-state index is 13.3. The zero-order valence-corrected chi connectivity index (χ0v) is 18.9. The number of carbonyl (C=O) groups is 3. The largest absolute Gasteiger partial charge is 0.465 e. The van der Waals surface area contributed by atoms with Crippen molar-refractivity contribution < 1.29 is 19.1 Å². The molecule has 0 heterocycles. The van der Waals surface area contributed by atoms with E-state index in [9.17, 15) is 14.4 Å². The van der Waals surface area contributed by atoms with Crippen molar-refractivity contribution in [2.45, 2.75) is 72.1 Å². The molecule has 4 nitrogen and oxygen atoms in total. The molecule has 31 heavy (non-hydrogen) atoms. The Bertz CT molecular complexity index is 1010. The van der Waals surface area contributed by atoms with Gasteiger partial charge < -0.3 is 4.74 Å². The van der Waals surface area contributed by atoms with Crippen LogP contribution in [-0.2, 0) is 19.1 Å². The molecule has 0 aromatic carbocycles. The molecule has 1 fully saturated rings. The minimum Gasteiger partial charge on any atom is -0.465 e. The van der Waals surface area contributed by atoms with Gasteiger partial charge in [0.25, 0.3) is 0 Å². The zero-order valence-electron chi connectivity index (χ0n) is 18.9. The summed E-state index contributed by atoms with van der Waals surface area (Å²) in [6, 6.07) is 0. The number of esters is 1. The Morgan fingerprint density at radius 3 is 2.77 bits per heavy atom. The van der Waals surface area contributed by atoms with E-state index in [1.165, 1.54) is 5.57 Å². The fourth-order valence-corrected chi connectivity index (χ4v) is 7.03. The van der Waals surface area contributed by atoms with E-state index >= 15 is 0 Å². The van der Waals surface area contributed by atoms with Gasteiger partial charge in [0.05, 0.1) is 12.0 Å². The normalized spacial score (nSPS) is 38.2. The first-order valence-corrected chi connectivity index (χ1v) is 11.8. The van der Waals surface area contributed by atoms with E-state index in [-0.39, 0.29) is 22.6 Å². The standard InChI is InChI=1S/C27H32O4/c1-4-5-14-31-24(30)19-16-17-15-18(28)6-12-26(17,3)20-8-13-27-21(23(19)20)7-10-25(27,2)11-9-22(27)29/h6-7,12,16,19H,4-5,8-11,13-15H2,1-3H3/t19-,25+,26?,27?/m1/s1. The smallest absolute Gasteiger partial charge is 0.317 e. The molecule has 4 heteroatoms. The Balaban J connectivity index is 1.65. The molecule has 2 unspecified atom stereocenters. The first kappa shape index (κ1) is 20.7. The second-order valence-electron chi connectivity index (χ2n) is 10.5. The first-order chi connectivity index (χ1) is 14.8. The highest BCUT2D eigenvalue weighted by Gasteiger charge is 2.65. The highest BCUT2D eigenvalue weighted by molar-refractivity contribution is 5.97. The molecule has 0 aromatic heterocycles. The van der Waals surface area contributed by atoms with Crippen molar-refractivity contribution in [3.05, 3.63) is 46.6 Å². The van der Waals surface area contributed by atoms with Crippen molar-refractivity contribution >= 4 is 17.5 Å². The molecule has 0 saturated heterocycles. The topological polar surface area (TPSA) is 60.4 Å². The van der Waals surface area contributed by atoms with Gasteiger partial charge in [-0.05, 0) is 61.7 Å². The summed E-state index contributed by atoms with van der Waals surface area (Å²) in [5.41, 5.74) is 3.49. The zero-order chi connectivity index (χ0) is 22.0. The lowest BCUT2D eigenvalue weighted by Gasteiger charge is -2.50. The summed E-state index contributed by atoms with van der Waals surface area (Å²) in [5.74, 6) is -0.336. The molecule has 0 bridgehead atoms. The average Bonchev–Trinajstić information content (AvgIpc) is 3.18. The average molecular weight is 421 g/mol. The number of allylic oxidation sites excluding steroid dienone is 6. The summed E-state index contributed by atoms with van der Waals surface area (Å²) in [6.07, 6.45) is 14.2. The molecule has 5 aliphatic carbocycles. The summed E-state index contributed by atoms with van der Waals surface area (Å²) < 4.78 is 5.69. The van der Waals surface area contributed by atoms with Crippen LogP contribution in [0.15, 0.2) is 46.6 Å². The van der Waals surface area contributed by atoms with Crippen molar-refractivity contribution in [1.29, 1.82) is 0 Å². The van der Waals surface area contributed by atoms with Gasteiger partial charge in [-0.1, -0.05) is 49.6 Å². The SMILES string of the molecule is CCCCOC(=O)[C@@H]1C=C2CC(=O)C=CC2(C)C2=C1C1=CC[C@@]3(C)CCC(=O)C13CC2. The van der Waals surface area contributed by atoms with Gasteiger partial charge in [0.15, 0.2) is 5.78 Å². The Kier molecular flexibility index (Phi) is 4.59. The third kappa shape index (κ3) is 2.63. The maximum absolute atomic E-state index is 13.3. The van der Waals surface area contributed by atoms with Crippen molar-refractivity contribution in [3.63, 3.8) is 0 Å². The Hall–Kier alpha value is -2.23. The molecule has 1 spiro atoms. The molecule has 164 valence electrons. The number of hydrogen-bond donors (Lipinski definition) is 0. The van der Waals surface area contributed by atoms with E-state index in [2.05, 4.69) is 26.8 Å². The van der Waals surface area contributed by atoms with Crippen molar-refractivity contribution in [2.75, 3.05) is 6.61 Å². The van der Waals surface area contributed by atoms with Crippen molar-refractivity contribution in [1.82, 2.24) is 0 Å². The summed E-state index contributed by atoms with van der Waals surface area (Å²) in [4.78, 5) is 38.9. The number of Topliss-reactive ketones (excluding diaryl/α,β-unsaturated/α-hetero) is 1. The highest BCUT2D eigenvalue weighted by atomic mass is 16.5. The lowest BCUT2D eigenvalue weighted by Crippen LogP contribution is -2.45. The van der Waals surface area contributed by atoms with Gasteiger partial charge in [0.2, 0.25) is 0 Å². The van der Waals surface area contributed by atoms with E-state index in [0.29, 0.717) is 25.2 Å². The second kappa shape index (κ2) is 6.88. The molecule has 0 aliphatic heterocycles. The summed E-state index contributed by atoms with van der Waals surface area (Å²) in [6.45, 7) is 6.91. The maximum Gasteiger partial charge on any atom is 0.317 e. The quantitative estimate of drug-likeness (QED) is 0.356. The van der Waals surface area contributed by atoms with Gasteiger partial charge in [0.1, 0.15) is 11.7 Å². The summed E-state index contributed by atoms with van der Waals surface area (Å²) in [5, 5.41) is 0. The number of ketones is 2. The second-order valence-corrected chi connectivity index (χ2v) is 10.5. The first-order valence-electron chi connectivity index (χ1n) is 11.8. The number of hydrogen-bond acceptors (Lipinski definition) is 4. The molecule has 4 atom stereocenters. The molecule has 0 N–H and O–H groups in total. The minimum atomic E-state index is -0.520. The van der Waals surface area contributed by atoms with E-state index in [0.717, 1.165) is 55.2 Å². The number of rotatable bonds is 4. The fraction of sp³-hybridized carbons (Fsp3) is 0.593. The highest BCUT2D eigenvalue weighted by Crippen LogP contribution is 2.69. The van der Waals surface area contributed by atoms with Crippen LogP contribution in [-0.4, -0.2) is 24.1 Å². The lowest BCUT2D eigenvalue weighted by molar-refractivity contribution is -0.146. The molecule has 0 radical (unpaired) electrons. The third-order valence-electron chi connectivity index (χ3n) is 8.93. The van der Waals surface area contributed by atoms with E-state index < -0.39 is 11.3 Å². The summed E-state index contributed by atoms with van der Waals surface area (Å²) in [7, 11) is 0. The third-order valence-corrected chi connectivity index (χ3v) is 8.93. The van der Waals surface area contributed by atoms with E-state index in [1.54, 1.807) is 6.08 Å². The van der Waals surface area contributed by atoms with E-state index in [1.807, 2.05) is 12.2 Å². The number of unbranched alkanes of at least 4 members (excludes halogenated alkanes) is 1. The number of ether oxygens (including phenoxy) is 1. The Morgan fingerprint density at radius 2 is 2.00 bits per heavy atom. The van der Waals surface area contributed by atoms with Crippen molar-refractivity contribution in [2.24, 2.45) is 22.2 Å². The van der Waals surface area contributed by atoms with Crippen LogP contribution in [0, 0.1) is 22.2 Å². The van der Waals surface area contributed by atoms with Gasteiger partial charge in [0, 0.05) is 18.3 Å². The Labute approximate surface area is 184 Å².